The van der Waals surface area contributed by atoms with Gasteiger partial charge in [0.25, 0.3) is 5.91 Å². The van der Waals surface area contributed by atoms with Crippen LogP contribution < -0.4 is 10.6 Å². The SMILES string of the molecule is CC(C)(C)OC(=O)NC1CCC(=O)N2CNCC(C(=O)OC(C)(C)C)C[N+]12[O-]. The van der Waals surface area contributed by atoms with Crippen LogP contribution >= 0.6 is 0 Å². The lowest BCUT2D eigenvalue weighted by atomic mass is 10.1. The van der Waals surface area contributed by atoms with Crippen LogP contribution in [0, 0.1) is 11.1 Å². The van der Waals surface area contributed by atoms with E-state index < -0.39 is 40.1 Å². The van der Waals surface area contributed by atoms with E-state index in [1.807, 2.05) is 0 Å². The molecular formula is C18H32N4O6. The predicted octanol–water partition coefficient (Wildman–Crippen LogP) is 1.21. The highest BCUT2D eigenvalue weighted by Gasteiger charge is 2.49. The van der Waals surface area contributed by atoms with Gasteiger partial charge in [0.2, 0.25) is 0 Å². The van der Waals surface area contributed by atoms with Crippen LogP contribution in [0.2, 0.25) is 0 Å². The van der Waals surface area contributed by atoms with E-state index in [-0.39, 0.29) is 38.5 Å². The lowest BCUT2D eigenvalue weighted by Crippen LogP contribution is -2.72. The molecule has 3 unspecified atom stereocenters. The molecule has 3 atom stereocenters. The molecular weight excluding hydrogens is 368 g/mol. The Morgan fingerprint density at radius 1 is 1.18 bits per heavy atom. The Bertz CT molecular complexity index is 627. The third-order valence-electron chi connectivity index (χ3n) is 4.37. The molecule has 0 radical (unpaired) electrons. The molecule has 28 heavy (non-hydrogen) atoms. The maximum atomic E-state index is 13.8. The van der Waals surface area contributed by atoms with Gasteiger partial charge in [-0.15, -0.1) is 0 Å². The van der Waals surface area contributed by atoms with Crippen molar-refractivity contribution in [2.24, 2.45) is 5.92 Å². The maximum Gasteiger partial charge on any atom is 0.412 e. The van der Waals surface area contributed by atoms with Crippen LogP contribution in [0.15, 0.2) is 0 Å². The summed E-state index contributed by atoms with van der Waals surface area (Å²) < 4.78 is 9.53. The van der Waals surface area contributed by atoms with Gasteiger partial charge in [-0.1, -0.05) is 0 Å². The number of hydrogen-bond acceptors (Lipinski definition) is 7. The van der Waals surface area contributed by atoms with E-state index in [0.717, 1.165) is 5.01 Å². The first-order valence-electron chi connectivity index (χ1n) is 9.54. The fraction of sp³-hybridized carbons (Fsp3) is 0.833. The van der Waals surface area contributed by atoms with Crippen molar-refractivity contribution in [1.29, 1.82) is 0 Å². The molecule has 0 bridgehead atoms. The van der Waals surface area contributed by atoms with Crippen LogP contribution in [0.25, 0.3) is 0 Å². The first kappa shape index (κ1) is 22.4. The van der Waals surface area contributed by atoms with Crippen LogP contribution in [-0.4, -0.2) is 64.9 Å². The summed E-state index contributed by atoms with van der Waals surface area (Å²) in [4.78, 5) is 37.1. The quantitative estimate of drug-likeness (QED) is 0.406. The zero-order chi connectivity index (χ0) is 21.3. The van der Waals surface area contributed by atoms with Gasteiger partial charge in [-0.3, -0.25) is 20.2 Å². The molecule has 0 saturated carbocycles. The third kappa shape index (κ3) is 5.55. The van der Waals surface area contributed by atoms with Gasteiger partial charge in [0.1, 0.15) is 30.3 Å². The monoisotopic (exact) mass is 400 g/mol. The van der Waals surface area contributed by atoms with Crippen molar-refractivity contribution in [3.63, 3.8) is 0 Å². The van der Waals surface area contributed by atoms with E-state index in [2.05, 4.69) is 10.6 Å². The summed E-state index contributed by atoms with van der Waals surface area (Å²) in [6.45, 7) is 10.4. The van der Waals surface area contributed by atoms with E-state index in [9.17, 15) is 19.6 Å². The Morgan fingerprint density at radius 2 is 1.79 bits per heavy atom. The van der Waals surface area contributed by atoms with Gasteiger partial charge >= 0.3 is 12.1 Å². The van der Waals surface area contributed by atoms with Crippen LogP contribution in [0.5, 0.6) is 0 Å². The molecule has 2 heterocycles. The normalized spacial score (nSPS) is 28.8. The third-order valence-corrected chi connectivity index (χ3v) is 4.37. The largest absolute Gasteiger partial charge is 0.604 e. The van der Waals surface area contributed by atoms with Gasteiger partial charge < -0.3 is 14.7 Å². The standard InChI is InChI=1S/C18H32N4O6/c1-17(2,3)27-15(24)12-9-19-11-21-14(23)8-7-13(22(21,26)10-12)20-16(25)28-18(4,5)6/h12-13,19H,7-11H2,1-6H3,(H,20,25). The van der Waals surface area contributed by atoms with Crippen LogP contribution in [-0.2, 0) is 19.1 Å². The highest BCUT2D eigenvalue weighted by atomic mass is 16.6. The maximum absolute atomic E-state index is 13.8. The number of esters is 1. The first-order chi connectivity index (χ1) is 12.7. The highest BCUT2D eigenvalue weighted by Crippen LogP contribution is 2.30. The molecule has 2 fully saturated rings. The molecule has 10 nitrogen and oxygen atoms in total. The van der Waals surface area contributed by atoms with E-state index in [0.29, 0.717) is 0 Å². The minimum atomic E-state index is -1.14. The topological polar surface area (TPSA) is 120 Å². The lowest BCUT2D eigenvalue weighted by Gasteiger charge is -2.55. The fourth-order valence-electron chi connectivity index (χ4n) is 3.27. The average Bonchev–Trinajstić information content (AvgIpc) is 2.67. The van der Waals surface area contributed by atoms with Crippen LogP contribution in [0.1, 0.15) is 54.4 Å². The Labute approximate surface area is 165 Å². The zero-order valence-corrected chi connectivity index (χ0v) is 17.5. The summed E-state index contributed by atoms with van der Waals surface area (Å²) in [7, 11) is 0. The molecule has 2 amide bonds. The fourth-order valence-corrected chi connectivity index (χ4v) is 3.27. The van der Waals surface area contributed by atoms with Crippen molar-refractivity contribution >= 4 is 18.0 Å². The summed E-state index contributed by atoms with van der Waals surface area (Å²) >= 11 is 0. The number of rotatable bonds is 2. The number of amides is 2. The van der Waals surface area contributed by atoms with Crippen molar-refractivity contribution < 1.29 is 28.6 Å². The number of ether oxygens (including phenoxy) is 2. The van der Waals surface area contributed by atoms with E-state index in [1.165, 1.54) is 0 Å². The average molecular weight is 400 g/mol. The summed E-state index contributed by atoms with van der Waals surface area (Å²) in [5.74, 6) is -1.59. The van der Waals surface area contributed by atoms with Crippen molar-refractivity contribution in [3.05, 3.63) is 5.21 Å². The second-order valence-corrected chi connectivity index (χ2v) is 9.27. The summed E-state index contributed by atoms with van der Waals surface area (Å²) in [6, 6.07) is 0. The number of quaternary nitrogens is 1. The number of carbonyl (C=O) groups is 3. The van der Waals surface area contributed by atoms with Crippen LogP contribution in [0.4, 0.5) is 4.79 Å². The number of fused-ring (bicyclic) bond motifs is 1. The second kappa shape index (κ2) is 7.84. The number of alkyl carbamates (subject to hydrolysis) is 1. The van der Waals surface area contributed by atoms with Gasteiger partial charge in [0.15, 0.2) is 6.17 Å². The Kier molecular flexibility index (Phi) is 6.27. The van der Waals surface area contributed by atoms with Gasteiger partial charge in [0, 0.05) is 19.4 Å². The number of nitrogens with zero attached hydrogens (tertiary/aromatic N) is 2. The van der Waals surface area contributed by atoms with Gasteiger partial charge in [-0.05, 0) is 41.5 Å². The first-order valence-corrected chi connectivity index (χ1v) is 9.54. The molecule has 10 heteroatoms. The Morgan fingerprint density at radius 3 is 2.36 bits per heavy atom. The molecule has 2 aliphatic rings. The molecule has 0 aromatic rings. The molecule has 0 aromatic carbocycles. The minimum Gasteiger partial charge on any atom is -0.604 e. The number of hydrogen-bond donors (Lipinski definition) is 2. The summed E-state index contributed by atoms with van der Waals surface area (Å²) in [6.07, 6.45) is -1.37. The molecule has 2 aliphatic heterocycles. The van der Waals surface area contributed by atoms with E-state index >= 15 is 0 Å². The van der Waals surface area contributed by atoms with Gasteiger partial charge in [-0.25, -0.2) is 9.55 Å². The molecule has 0 aromatic heterocycles. The van der Waals surface area contributed by atoms with Crippen molar-refractivity contribution in [1.82, 2.24) is 15.6 Å². The van der Waals surface area contributed by atoms with Gasteiger partial charge in [-0.2, -0.15) is 5.01 Å². The van der Waals surface area contributed by atoms with Crippen molar-refractivity contribution in [2.45, 2.75) is 71.8 Å². The highest BCUT2D eigenvalue weighted by molar-refractivity contribution is 5.76. The molecule has 2 N–H and O–H groups in total. The number of hydroxylamine groups is 2. The summed E-state index contributed by atoms with van der Waals surface area (Å²) in [5, 5.41) is 20.5. The Hall–Kier alpha value is -1.91. The molecule has 160 valence electrons. The van der Waals surface area contributed by atoms with Crippen LogP contribution in [0.3, 0.4) is 0 Å². The van der Waals surface area contributed by atoms with Crippen molar-refractivity contribution in [2.75, 3.05) is 19.8 Å². The van der Waals surface area contributed by atoms with Crippen molar-refractivity contribution in [3.8, 4) is 0 Å². The summed E-state index contributed by atoms with van der Waals surface area (Å²) in [5.41, 5.74) is -1.41. The smallest absolute Gasteiger partial charge is 0.412 e. The van der Waals surface area contributed by atoms with E-state index in [4.69, 9.17) is 9.47 Å². The zero-order valence-electron chi connectivity index (χ0n) is 17.5. The number of nitrogens with one attached hydrogen (secondary N) is 2. The minimum absolute atomic E-state index is 0.00582. The molecule has 0 aliphatic carbocycles. The molecule has 2 saturated heterocycles. The number of carbonyl (C=O) groups excluding carboxylic acids is 3. The Balaban J connectivity index is 2.22. The second-order valence-electron chi connectivity index (χ2n) is 9.27. The molecule has 2 rings (SSSR count). The lowest BCUT2D eigenvalue weighted by molar-refractivity contribution is -1.01. The van der Waals surface area contributed by atoms with Gasteiger partial charge in [0.05, 0.1) is 0 Å². The predicted molar refractivity (Wildman–Crippen MR) is 99.9 cm³/mol. The van der Waals surface area contributed by atoms with E-state index in [1.54, 1.807) is 41.5 Å². The molecule has 0 spiro atoms.